The zero-order chi connectivity index (χ0) is 16.9. The lowest BCUT2D eigenvalue weighted by Crippen LogP contribution is -2.06. The molecule has 0 atom stereocenters. The summed E-state index contributed by atoms with van der Waals surface area (Å²) in [7, 11) is 1.64. The Morgan fingerprint density at radius 2 is 1.75 bits per heavy atom. The van der Waals surface area contributed by atoms with Gasteiger partial charge >= 0.3 is 11.6 Å². The van der Waals surface area contributed by atoms with Crippen LogP contribution in [-0.4, -0.2) is 14.7 Å². The van der Waals surface area contributed by atoms with Crippen molar-refractivity contribution in [2.24, 2.45) is 7.05 Å². The Bertz CT molecular complexity index is 832. The highest BCUT2D eigenvalue weighted by Crippen LogP contribution is 2.36. The first-order valence-corrected chi connectivity index (χ1v) is 7.37. The van der Waals surface area contributed by atoms with Crippen molar-refractivity contribution in [2.45, 2.75) is 6.54 Å². The Morgan fingerprint density at radius 1 is 1.12 bits per heavy atom. The van der Waals surface area contributed by atoms with Gasteiger partial charge in [0.25, 0.3) is 0 Å². The monoisotopic (exact) mass is 324 g/mol. The minimum absolute atomic E-state index is 0.0377. The lowest BCUT2D eigenvalue weighted by Gasteiger charge is -2.05. The molecule has 0 amide bonds. The number of nitrogens with zero attached hydrogens (tertiary/aromatic N) is 3. The van der Waals surface area contributed by atoms with Crippen LogP contribution >= 0.6 is 0 Å². The van der Waals surface area contributed by atoms with E-state index in [2.05, 4.69) is 10.4 Å². The van der Waals surface area contributed by atoms with E-state index in [9.17, 15) is 10.1 Å². The predicted molar refractivity (Wildman–Crippen MR) is 90.1 cm³/mol. The summed E-state index contributed by atoms with van der Waals surface area (Å²) in [4.78, 5) is 11.0. The first kappa shape index (κ1) is 15.5. The molecular weight excluding hydrogens is 308 g/mol. The average molecular weight is 324 g/mol. The van der Waals surface area contributed by atoms with Crippen LogP contribution in [0, 0.1) is 10.1 Å². The van der Waals surface area contributed by atoms with Gasteiger partial charge in [-0.1, -0.05) is 48.5 Å². The number of nitrogens with one attached hydrogen (secondary N) is 1. The van der Waals surface area contributed by atoms with Gasteiger partial charge in [0.2, 0.25) is 5.82 Å². The maximum Gasteiger partial charge on any atom is 0.374 e. The molecule has 7 heteroatoms. The fourth-order valence-electron chi connectivity index (χ4n) is 2.30. The molecule has 0 radical (unpaired) electrons. The molecule has 7 nitrogen and oxygen atoms in total. The number of nitro groups is 1. The molecule has 24 heavy (non-hydrogen) atoms. The van der Waals surface area contributed by atoms with E-state index in [1.54, 1.807) is 31.3 Å². The van der Waals surface area contributed by atoms with Gasteiger partial charge in [0.05, 0.1) is 4.92 Å². The maximum atomic E-state index is 11.5. The quantitative estimate of drug-likeness (QED) is 0.552. The summed E-state index contributed by atoms with van der Waals surface area (Å²) in [5.41, 5.74) is 0.829. The third-order valence-corrected chi connectivity index (χ3v) is 3.43. The summed E-state index contributed by atoms with van der Waals surface area (Å²) in [6, 6.07) is 18.5. The van der Waals surface area contributed by atoms with Crippen LogP contribution in [0.5, 0.6) is 11.6 Å². The topological polar surface area (TPSA) is 82.2 Å². The summed E-state index contributed by atoms with van der Waals surface area (Å²) >= 11 is 0. The molecule has 0 aliphatic carbocycles. The zero-order valence-electron chi connectivity index (χ0n) is 13.0. The Kier molecular flexibility index (Phi) is 4.42. The van der Waals surface area contributed by atoms with E-state index in [-0.39, 0.29) is 11.6 Å². The number of benzene rings is 2. The second-order valence-electron chi connectivity index (χ2n) is 5.14. The molecule has 1 N–H and O–H groups in total. The largest absolute Gasteiger partial charge is 0.433 e. The van der Waals surface area contributed by atoms with Gasteiger partial charge in [-0.05, 0) is 17.7 Å². The van der Waals surface area contributed by atoms with Crippen molar-refractivity contribution in [3.63, 3.8) is 0 Å². The van der Waals surface area contributed by atoms with Gasteiger partial charge in [0, 0.05) is 13.6 Å². The van der Waals surface area contributed by atoms with E-state index in [4.69, 9.17) is 4.74 Å². The smallest absolute Gasteiger partial charge is 0.374 e. The van der Waals surface area contributed by atoms with Gasteiger partial charge in [0.1, 0.15) is 5.75 Å². The van der Waals surface area contributed by atoms with Crippen molar-refractivity contribution >= 4 is 11.5 Å². The first-order valence-electron chi connectivity index (χ1n) is 7.37. The van der Waals surface area contributed by atoms with Crippen LogP contribution in [0.25, 0.3) is 0 Å². The predicted octanol–water partition coefficient (Wildman–Crippen LogP) is 3.73. The molecule has 0 fully saturated rings. The fraction of sp³-hybridized carbons (Fsp3) is 0.118. The second-order valence-corrected chi connectivity index (χ2v) is 5.14. The van der Waals surface area contributed by atoms with Crippen LogP contribution in [0.2, 0.25) is 0 Å². The van der Waals surface area contributed by atoms with Crippen LogP contribution in [0.15, 0.2) is 60.7 Å². The molecule has 0 aliphatic heterocycles. The summed E-state index contributed by atoms with van der Waals surface area (Å²) in [5.74, 6) is 0.757. The highest BCUT2D eigenvalue weighted by molar-refractivity contribution is 5.63. The van der Waals surface area contributed by atoms with Crippen molar-refractivity contribution in [1.82, 2.24) is 9.78 Å². The van der Waals surface area contributed by atoms with Gasteiger partial charge in [-0.3, -0.25) is 10.1 Å². The Labute approximate surface area is 138 Å². The molecule has 0 spiro atoms. The highest BCUT2D eigenvalue weighted by atomic mass is 16.6. The average Bonchev–Trinajstić information content (AvgIpc) is 2.90. The van der Waals surface area contributed by atoms with Gasteiger partial charge < -0.3 is 10.1 Å². The number of anilines is 1. The third-order valence-electron chi connectivity index (χ3n) is 3.43. The van der Waals surface area contributed by atoms with E-state index in [1.165, 1.54) is 4.68 Å². The van der Waals surface area contributed by atoms with Gasteiger partial charge in [0.15, 0.2) is 0 Å². The number of rotatable bonds is 6. The van der Waals surface area contributed by atoms with E-state index in [1.807, 2.05) is 36.4 Å². The lowest BCUT2D eigenvalue weighted by molar-refractivity contribution is -0.384. The summed E-state index contributed by atoms with van der Waals surface area (Å²) in [6.07, 6.45) is 0. The Morgan fingerprint density at radius 3 is 2.38 bits per heavy atom. The molecule has 0 saturated heterocycles. The number of para-hydroxylation sites is 1. The molecule has 3 rings (SSSR count). The summed E-state index contributed by atoms with van der Waals surface area (Å²) in [5, 5.41) is 18.7. The molecule has 0 aliphatic rings. The van der Waals surface area contributed by atoms with Crippen LogP contribution in [0.4, 0.5) is 11.5 Å². The molecular formula is C17H16N4O3. The van der Waals surface area contributed by atoms with E-state index in [0.29, 0.717) is 18.1 Å². The van der Waals surface area contributed by atoms with Crippen molar-refractivity contribution in [3.8, 4) is 11.6 Å². The second kappa shape index (κ2) is 6.82. The standard InChI is InChI=1S/C17H16N4O3/c1-20-16(18-12-13-8-4-2-5-9-13)15(21(22)23)17(19-20)24-14-10-6-3-7-11-14/h2-11,18H,12H2,1H3. The molecule has 0 unspecified atom stereocenters. The zero-order valence-corrected chi connectivity index (χ0v) is 13.0. The minimum Gasteiger partial charge on any atom is -0.433 e. The molecule has 122 valence electrons. The summed E-state index contributed by atoms with van der Waals surface area (Å²) in [6.45, 7) is 0.450. The van der Waals surface area contributed by atoms with Crippen molar-refractivity contribution in [3.05, 3.63) is 76.3 Å². The van der Waals surface area contributed by atoms with E-state index < -0.39 is 4.92 Å². The SMILES string of the molecule is Cn1nc(Oc2ccccc2)c([N+](=O)[O-])c1NCc1ccccc1. The fourth-order valence-corrected chi connectivity index (χ4v) is 2.30. The van der Waals surface area contributed by atoms with Gasteiger partial charge in [-0.25, -0.2) is 4.68 Å². The van der Waals surface area contributed by atoms with Gasteiger partial charge in [-0.15, -0.1) is 5.10 Å². The van der Waals surface area contributed by atoms with E-state index >= 15 is 0 Å². The molecule has 1 heterocycles. The maximum absolute atomic E-state index is 11.5. The van der Waals surface area contributed by atoms with Crippen molar-refractivity contribution in [2.75, 3.05) is 5.32 Å². The number of aryl methyl sites for hydroxylation is 1. The lowest BCUT2D eigenvalue weighted by atomic mass is 10.2. The normalized spacial score (nSPS) is 10.4. The molecule has 0 saturated carbocycles. The van der Waals surface area contributed by atoms with Crippen LogP contribution in [-0.2, 0) is 13.6 Å². The molecule has 3 aromatic rings. The van der Waals surface area contributed by atoms with Crippen LogP contribution in [0.1, 0.15) is 5.56 Å². The van der Waals surface area contributed by atoms with E-state index in [0.717, 1.165) is 5.56 Å². The van der Waals surface area contributed by atoms with Crippen molar-refractivity contribution in [1.29, 1.82) is 0 Å². The van der Waals surface area contributed by atoms with Crippen molar-refractivity contribution < 1.29 is 9.66 Å². The Balaban J connectivity index is 1.87. The highest BCUT2D eigenvalue weighted by Gasteiger charge is 2.28. The first-order chi connectivity index (χ1) is 11.6. The van der Waals surface area contributed by atoms with Crippen LogP contribution in [0.3, 0.4) is 0 Å². The number of aromatic nitrogens is 2. The molecule has 0 bridgehead atoms. The summed E-state index contributed by atoms with van der Waals surface area (Å²) < 4.78 is 6.99. The van der Waals surface area contributed by atoms with Crippen LogP contribution < -0.4 is 10.1 Å². The number of ether oxygens (including phenoxy) is 1. The molecule has 2 aromatic carbocycles. The molecule has 1 aromatic heterocycles. The van der Waals surface area contributed by atoms with Gasteiger partial charge in [-0.2, -0.15) is 0 Å². The third kappa shape index (κ3) is 3.35. The number of hydrogen-bond acceptors (Lipinski definition) is 5. The minimum atomic E-state index is -0.487. The number of hydrogen-bond donors (Lipinski definition) is 1. The Hall–Kier alpha value is -3.35.